The van der Waals surface area contributed by atoms with Gasteiger partial charge in [0.05, 0.1) is 25.4 Å². The minimum atomic E-state index is -1.59. The molecule has 74 heavy (non-hydrogen) atoms. The molecule has 0 radical (unpaired) electrons. The highest BCUT2D eigenvalue weighted by Crippen LogP contribution is 2.24. The molecule has 1 saturated heterocycles. The van der Waals surface area contributed by atoms with Crippen molar-refractivity contribution in [1.29, 1.82) is 0 Å². The first-order valence-electron chi connectivity index (χ1n) is 32.8. The van der Waals surface area contributed by atoms with E-state index in [9.17, 15) is 35.4 Å². The van der Waals surface area contributed by atoms with Crippen LogP contribution in [0.25, 0.3) is 0 Å². The van der Waals surface area contributed by atoms with Crippen LogP contribution in [0.4, 0.5) is 0 Å². The SMILES string of the molecule is CCCCCCCCCCCCCCCCCCCCCCCCCCCCCCCCCCCCCCCCC(O)C(=O)NC(COC1OC(CO)C(O)C(O)C1O)C(O)CCCCCCCCCCCCC. The number of amides is 1. The molecule has 10 nitrogen and oxygen atoms in total. The summed E-state index contributed by atoms with van der Waals surface area (Å²) in [5.41, 5.74) is 0. The van der Waals surface area contributed by atoms with Crippen molar-refractivity contribution in [2.24, 2.45) is 0 Å². The van der Waals surface area contributed by atoms with Crippen LogP contribution < -0.4 is 5.32 Å². The predicted octanol–water partition coefficient (Wildman–Crippen LogP) is 15.9. The van der Waals surface area contributed by atoms with Gasteiger partial charge in [-0.25, -0.2) is 0 Å². The Morgan fingerprint density at radius 2 is 0.676 bits per heavy atom. The van der Waals surface area contributed by atoms with Crippen LogP contribution in [-0.2, 0) is 14.3 Å². The first-order valence-corrected chi connectivity index (χ1v) is 32.8. The highest BCUT2D eigenvalue weighted by Gasteiger charge is 2.44. The van der Waals surface area contributed by atoms with Crippen molar-refractivity contribution < 1.29 is 44.9 Å². The lowest BCUT2D eigenvalue weighted by molar-refractivity contribution is -0.302. The normalized spacial score (nSPS) is 19.3. The van der Waals surface area contributed by atoms with E-state index in [-0.39, 0.29) is 6.61 Å². The Hall–Kier alpha value is -0.850. The van der Waals surface area contributed by atoms with Gasteiger partial charge in [-0.05, 0) is 12.8 Å². The van der Waals surface area contributed by atoms with Gasteiger partial charge in [0, 0.05) is 0 Å². The molecule has 1 heterocycles. The highest BCUT2D eigenvalue weighted by molar-refractivity contribution is 5.80. The minimum absolute atomic E-state index is 0.250. The third-order valence-electron chi connectivity index (χ3n) is 16.3. The molecule has 0 saturated carbocycles. The fourth-order valence-corrected chi connectivity index (χ4v) is 11.1. The summed E-state index contributed by atoms with van der Waals surface area (Å²) in [6.45, 7) is 3.70. The van der Waals surface area contributed by atoms with Gasteiger partial charge in [0.25, 0.3) is 0 Å². The predicted molar refractivity (Wildman–Crippen MR) is 310 cm³/mol. The monoisotopic (exact) mass is 1050 g/mol. The van der Waals surface area contributed by atoms with Crippen molar-refractivity contribution in [3.8, 4) is 0 Å². The lowest BCUT2D eigenvalue weighted by Crippen LogP contribution is -2.60. The van der Waals surface area contributed by atoms with Crippen molar-refractivity contribution in [3.63, 3.8) is 0 Å². The van der Waals surface area contributed by atoms with Crippen LogP contribution in [0, 0.1) is 0 Å². The number of rotatable bonds is 58. The number of aliphatic hydroxyl groups is 6. The van der Waals surface area contributed by atoms with E-state index in [0.717, 1.165) is 44.9 Å². The smallest absolute Gasteiger partial charge is 0.249 e. The standard InChI is InChI=1S/C64H127NO9/c1-3-5-7-9-11-13-15-16-17-18-19-20-21-22-23-24-25-26-27-28-29-30-31-32-33-34-35-36-37-38-39-40-41-43-45-47-49-51-53-58(68)63(72)65-56(55-73-64-62(71)61(70)60(69)59(54-66)74-64)57(67)52-50-48-46-44-42-14-12-10-8-6-4-2/h56-62,64,66-71H,3-55H2,1-2H3,(H,65,72). The summed E-state index contributed by atoms with van der Waals surface area (Å²) in [7, 11) is 0. The van der Waals surface area contributed by atoms with Crippen molar-refractivity contribution in [1.82, 2.24) is 5.32 Å². The van der Waals surface area contributed by atoms with Crippen LogP contribution in [0.2, 0.25) is 0 Å². The quantitative estimate of drug-likeness (QED) is 0.0293. The molecular formula is C64H127NO9. The number of hydrogen-bond acceptors (Lipinski definition) is 9. The Kier molecular flexibility index (Phi) is 52.0. The molecule has 1 fully saturated rings. The van der Waals surface area contributed by atoms with Crippen molar-refractivity contribution in [3.05, 3.63) is 0 Å². The summed E-state index contributed by atoms with van der Waals surface area (Å²) < 4.78 is 11.2. The Bertz CT molecular complexity index is 1150. The second kappa shape index (κ2) is 54.1. The van der Waals surface area contributed by atoms with Gasteiger partial charge in [0.1, 0.15) is 30.5 Å². The van der Waals surface area contributed by atoms with E-state index in [4.69, 9.17) is 9.47 Å². The van der Waals surface area contributed by atoms with Crippen LogP contribution in [0.1, 0.15) is 341 Å². The van der Waals surface area contributed by atoms with E-state index >= 15 is 0 Å². The summed E-state index contributed by atoms with van der Waals surface area (Å²) in [4.78, 5) is 13.1. The lowest BCUT2D eigenvalue weighted by Gasteiger charge is -2.40. The molecule has 1 amide bonds. The molecule has 0 bridgehead atoms. The molecule has 0 aromatic carbocycles. The van der Waals surface area contributed by atoms with E-state index in [1.807, 2.05) is 0 Å². The maximum atomic E-state index is 13.1. The van der Waals surface area contributed by atoms with Crippen molar-refractivity contribution in [2.75, 3.05) is 13.2 Å². The molecule has 1 aliphatic heterocycles. The average Bonchev–Trinajstić information content (AvgIpc) is 3.40. The molecule has 0 aromatic heterocycles. The number of carbonyl (C=O) groups excluding carboxylic acids is 1. The zero-order chi connectivity index (χ0) is 53.8. The number of hydrogen-bond donors (Lipinski definition) is 7. The summed E-state index contributed by atoms with van der Waals surface area (Å²) in [6.07, 6.45) is 56.6. The van der Waals surface area contributed by atoms with Crippen LogP contribution in [0.5, 0.6) is 0 Å². The number of ether oxygens (including phenoxy) is 2. The topological polar surface area (TPSA) is 169 Å². The van der Waals surface area contributed by atoms with Crippen molar-refractivity contribution >= 4 is 5.91 Å². The van der Waals surface area contributed by atoms with Gasteiger partial charge < -0.3 is 45.4 Å². The molecule has 8 atom stereocenters. The molecule has 0 aromatic rings. The van der Waals surface area contributed by atoms with E-state index in [1.165, 1.54) is 270 Å². The molecule has 0 aliphatic carbocycles. The van der Waals surface area contributed by atoms with Crippen LogP contribution in [0.3, 0.4) is 0 Å². The van der Waals surface area contributed by atoms with Gasteiger partial charge in [-0.15, -0.1) is 0 Å². The summed E-state index contributed by atoms with van der Waals surface area (Å²) in [5, 5.41) is 65.1. The number of carbonyl (C=O) groups is 1. The largest absolute Gasteiger partial charge is 0.394 e. The van der Waals surface area contributed by atoms with E-state index in [0.29, 0.717) is 12.8 Å². The van der Waals surface area contributed by atoms with Crippen LogP contribution in [-0.4, -0.2) is 98.7 Å². The first-order chi connectivity index (χ1) is 36.3. The van der Waals surface area contributed by atoms with Gasteiger partial charge in [-0.2, -0.15) is 0 Å². The molecule has 1 rings (SSSR count). The van der Waals surface area contributed by atoms with Gasteiger partial charge in [-0.1, -0.05) is 328 Å². The summed E-state index contributed by atoms with van der Waals surface area (Å²) in [6, 6.07) is -0.889. The highest BCUT2D eigenvalue weighted by atomic mass is 16.7. The van der Waals surface area contributed by atoms with Gasteiger partial charge in [0.15, 0.2) is 6.29 Å². The Morgan fingerprint density at radius 1 is 0.405 bits per heavy atom. The van der Waals surface area contributed by atoms with Crippen LogP contribution >= 0.6 is 0 Å². The van der Waals surface area contributed by atoms with Gasteiger partial charge in [0.2, 0.25) is 5.91 Å². The minimum Gasteiger partial charge on any atom is -0.394 e. The zero-order valence-corrected chi connectivity index (χ0v) is 49.0. The van der Waals surface area contributed by atoms with Crippen molar-refractivity contribution in [2.45, 2.75) is 390 Å². The molecular weight excluding hydrogens is 927 g/mol. The lowest BCUT2D eigenvalue weighted by atomic mass is 9.99. The second-order valence-electron chi connectivity index (χ2n) is 23.4. The fraction of sp³-hybridized carbons (Fsp3) is 0.984. The molecule has 10 heteroatoms. The first kappa shape index (κ1) is 71.2. The molecule has 0 spiro atoms. The summed E-state index contributed by atoms with van der Waals surface area (Å²) in [5.74, 6) is -0.577. The Balaban J connectivity index is 2.01. The van der Waals surface area contributed by atoms with Gasteiger partial charge >= 0.3 is 0 Å². The summed E-state index contributed by atoms with van der Waals surface area (Å²) >= 11 is 0. The Morgan fingerprint density at radius 3 is 0.959 bits per heavy atom. The van der Waals surface area contributed by atoms with Gasteiger partial charge in [-0.3, -0.25) is 4.79 Å². The van der Waals surface area contributed by atoms with Crippen LogP contribution in [0.15, 0.2) is 0 Å². The van der Waals surface area contributed by atoms with E-state index < -0.39 is 61.5 Å². The van der Waals surface area contributed by atoms with E-state index in [2.05, 4.69) is 19.2 Å². The zero-order valence-electron chi connectivity index (χ0n) is 49.0. The Labute approximate surface area is 457 Å². The number of nitrogens with one attached hydrogen (secondary N) is 1. The number of aliphatic hydroxyl groups excluding tert-OH is 6. The second-order valence-corrected chi connectivity index (χ2v) is 23.4. The maximum absolute atomic E-state index is 13.1. The molecule has 7 N–H and O–H groups in total. The third-order valence-corrected chi connectivity index (χ3v) is 16.3. The maximum Gasteiger partial charge on any atom is 0.249 e. The molecule has 8 unspecified atom stereocenters. The molecule has 442 valence electrons. The fourth-order valence-electron chi connectivity index (χ4n) is 11.1. The third kappa shape index (κ3) is 42.1. The van der Waals surface area contributed by atoms with E-state index in [1.54, 1.807) is 0 Å². The number of unbranched alkanes of at least 4 members (excludes halogenated alkanes) is 47. The molecule has 1 aliphatic rings. The average molecular weight is 1050 g/mol.